The molecule has 1 saturated heterocycles. The van der Waals surface area contributed by atoms with Gasteiger partial charge in [0.1, 0.15) is 5.01 Å². The molecule has 0 unspecified atom stereocenters. The summed E-state index contributed by atoms with van der Waals surface area (Å²) in [5, 5.41) is 4.12. The summed E-state index contributed by atoms with van der Waals surface area (Å²) in [5.41, 5.74) is 2.97. The van der Waals surface area contributed by atoms with Crippen LogP contribution >= 0.6 is 11.3 Å². The molecule has 4 nitrogen and oxygen atoms in total. The minimum atomic E-state index is -0.0275. The Hall–Kier alpha value is -1.88. The fourth-order valence-electron chi connectivity index (χ4n) is 3.03. The second-order valence-electron chi connectivity index (χ2n) is 6.37. The highest BCUT2D eigenvalue weighted by atomic mass is 32.1. The van der Waals surface area contributed by atoms with Crippen molar-refractivity contribution in [3.8, 4) is 0 Å². The van der Waals surface area contributed by atoms with E-state index in [-0.39, 0.29) is 11.9 Å². The van der Waals surface area contributed by atoms with Gasteiger partial charge in [-0.05, 0) is 57.4 Å². The van der Waals surface area contributed by atoms with Gasteiger partial charge in [0, 0.05) is 29.2 Å². The number of amides is 1. The van der Waals surface area contributed by atoms with Crippen molar-refractivity contribution in [3.05, 3.63) is 45.4 Å². The summed E-state index contributed by atoms with van der Waals surface area (Å²) in [5.74, 6) is -0.0275. The number of nitrogens with one attached hydrogen (secondary N) is 1. The van der Waals surface area contributed by atoms with E-state index in [9.17, 15) is 4.79 Å². The first kappa shape index (κ1) is 17.0. The third kappa shape index (κ3) is 3.61. The number of aromatic nitrogens is 1. The topological polar surface area (TPSA) is 45.2 Å². The maximum Gasteiger partial charge on any atom is 0.251 e. The van der Waals surface area contributed by atoms with Crippen LogP contribution in [0.2, 0.25) is 0 Å². The Morgan fingerprint density at radius 2 is 1.92 bits per heavy atom. The average Bonchev–Trinajstić information content (AvgIpc) is 3.23. The lowest BCUT2D eigenvalue weighted by molar-refractivity contribution is 0.0935. The Bertz CT molecular complexity index is 682. The van der Waals surface area contributed by atoms with E-state index in [1.807, 2.05) is 19.1 Å². The predicted molar refractivity (Wildman–Crippen MR) is 100.0 cm³/mol. The summed E-state index contributed by atoms with van der Waals surface area (Å²) < 4.78 is 0. The second-order valence-corrected chi connectivity index (χ2v) is 7.60. The molecule has 1 amide bonds. The van der Waals surface area contributed by atoms with Gasteiger partial charge in [-0.25, -0.2) is 4.98 Å². The highest BCUT2D eigenvalue weighted by Crippen LogP contribution is 2.25. The molecule has 5 heteroatoms. The number of nitrogens with zero attached hydrogens (tertiary/aromatic N) is 2. The predicted octanol–water partition coefficient (Wildman–Crippen LogP) is 4.24. The summed E-state index contributed by atoms with van der Waals surface area (Å²) >= 11 is 1.67. The van der Waals surface area contributed by atoms with E-state index in [4.69, 9.17) is 0 Å². The average molecular weight is 343 g/mol. The van der Waals surface area contributed by atoms with Crippen molar-refractivity contribution >= 4 is 22.9 Å². The van der Waals surface area contributed by atoms with E-state index in [1.54, 1.807) is 11.3 Å². The molecule has 1 atom stereocenters. The van der Waals surface area contributed by atoms with Gasteiger partial charge in [0.25, 0.3) is 5.91 Å². The van der Waals surface area contributed by atoms with Crippen molar-refractivity contribution in [2.75, 3.05) is 18.0 Å². The molecule has 2 aromatic rings. The highest BCUT2D eigenvalue weighted by molar-refractivity contribution is 7.11. The number of thiazole rings is 1. The van der Waals surface area contributed by atoms with Gasteiger partial charge in [-0.1, -0.05) is 6.92 Å². The van der Waals surface area contributed by atoms with Gasteiger partial charge < -0.3 is 10.2 Å². The molecule has 0 radical (unpaired) electrons. The number of anilines is 1. The number of carbonyl (C=O) groups excluding carboxylic acids is 1. The summed E-state index contributed by atoms with van der Waals surface area (Å²) in [6.07, 6.45) is 3.35. The molecular weight excluding hydrogens is 318 g/mol. The molecule has 1 aliphatic rings. The molecule has 0 spiro atoms. The zero-order valence-electron chi connectivity index (χ0n) is 14.6. The Balaban J connectivity index is 1.68. The van der Waals surface area contributed by atoms with Gasteiger partial charge in [-0.2, -0.15) is 0 Å². The van der Waals surface area contributed by atoms with E-state index in [0.717, 1.165) is 30.2 Å². The number of hydrogen-bond donors (Lipinski definition) is 1. The zero-order valence-corrected chi connectivity index (χ0v) is 15.4. The smallest absolute Gasteiger partial charge is 0.251 e. The number of carbonyl (C=O) groups is 1. The van der Waals surface area contributed by atoms with Crippen molar-refractivity contribution in [3.63, 3.8) is 0 Å². The lowest BCUT2D eigenvalue weighted by atomic mass is 10.1. The lowest BCUT2D eigenvalue weighted by Crippen LogP contribution is -2.28. The van der Waals surface area contributed by atoms with E-state index in [0.29, 0.717) is 5.56 Å². The van der Waals surface area contributed by atoms with Crippen molar-refractivity contribution in [1.82, 2.24) is 10.3 Å². The number of aryl methyl sites for hydroxylation is 2. The summed E-state index contributed by atoms with van der Waals surface area (Å²) in [6.45, 7) is 8.40. The Morgan fingerprint density at radius 1 is 1.25 bits per heavy atom. The molecule has 3 rings (SSSR count). The summed E-state index contributed by atoms with van der Waals surface area (Å²) in [6, 6.07) is 7.94. The summed E-state index contributed by atoms with van der Waals surface area (Å²) in [4.78, 5) is 20.7. The Kier molecular flexibility index (Phi) is 5.19. The third-order valence-electron chi connectivity index (χ3n) is 4.66. The zero-order chi connectivity index (χ0) is 17.1. The molecule has 0 bridgehead atoms. The normalized spacial score (nSPS) is 15.5. The van der Waals surface area contributed by atoms with Crippen LogP contribution in [0.3, 0.4) is 0 Å². The molecule has 1 fully saturated rings. The van der Waals surface area contributed by atoms with Gasteiger partial charge in [-0.15, -0.1) is 11.3 Å². The van der Waals surface area contributed by atoms with Crippen LogP contribution in [-0.4, -0.2) is 24.0 Å². The standard InChI is InChI=1S/C19H25N3OS/c1-4-17(19-20-13(2)14(3)24-19)21-18(23)15-7-9-16(10-8-15)22-11-5-6-12-22/h7-10,17H,4-6,11-12H2,1-3H3,(H,21,23)/t17-/m1/s1. The SMILES string of the molecule is CC[C@@H](NC(=O)c1ccc(N2CCCC2)cc1)c1nc(C)c(C)s1. The minimum Gasteiger partial charge on any atom is -0.372 e. The Labute approximate surface area is 147 Å². The monoisotopic (exact) mass is 343 g/mol. The van der Waals surface area contributed by atoms with Crippen LogP contribution in [0.1, 0.15) is 58.2 Å². The molecule has 1 aromatic carbocycles. The van der Waals surface area contributed by atoms with Gasteiger partial charge >= 0.3 is 0 Å². The molecule has 0 aliphatic carbocycles. The van der Waals surface area contributed by atoms with E-state index in [1.165, 1.54) is 23.4 Å². The third-order valence-corrected chi connectivity index (χ3v) is 5.84. The molecular formula is C19H25N3OS. The largest absolute Gasteiger partial charge is 0.372 e. The van der Waals surface area contributed by atoms with Crippen molar-refractivity contribution in [2.45, 2.75) is 46.1 Å². The fourth-order valence-corrected chi connectivity index (χ4v) is 4.08. The molecule has 1 aromatic heterocycles. The molecule has 24 heavy (non-hydrogen) atoms. The van der Waals surface area contributed by atoms with Crippen molar-refractivity contribution in [1.29, 1.82) is 0 Å². The summed E-state index contributed by atoms with van der Waals surface area (Å²) in [7, 11) is 0. The second kappa shape index (κ2) is 7.34. The van der Waals surface area contributed by atoms with Gasteiger partial charge in [-0.3, -0.25) is 4.79 Å². The fraction of sp³-hybridized carbons (Fsp3) is 0.474. The molecule has 2 heterocycles. The molecule has 128 valence electrons. The Morgan fingerprint density at radius 3 is 2.46 bits per heavy atom. The van der Waals surface area contributed by atoms with E-state index in [2.05, 4.69) is 41.2 Å². The van der Waals surface area contributed by atoms with E-state index >= 15 is 0 Å². The molecule has 0 saturated carbocycles. The van der Waals surface area contributed by atoms with Crippen LogP contribution < -0.4 is 10.2 Å². The quantitative estimate of drug-likeness (QED) is 0.883. The maximum absolute atomic E-state index is 12.6. The van der Waals surface area contributed by atoms with E-state index < -0.39 is 0 Å². The number of hydrogen-bond acceptors (Lipinski definition) is 4. The van der Waals surface area contributed by atoms with Crippen LogP contribution in [0.15, 0.2) is 24.3 Å². The minimum absolute atomic E-state index is 0.0202. The van der Waals surface area contributed by atoms with Crippen LogP contribution in [0.5, 0.6) is 0 Å². The molecule has 1 N–H and O–H groups in total. The number of rotatable bonds is 5. The van der Waals surface area contributed by atoms with Gasteiger partial charge in [0.05, 0.1) is 11.7 Å². The molecule has 1 aliphatic heterocycles. The van der Waals surface area contributed by atoms with Crippen LogP contribution in [0.4, 0.5) is 5.69 Å². The van der Waals surface area contributed by atoms with Crippen LogP contribution in [0.25, 0.3) is 0 Å². The first-order chi connectivity index (χ1) is 11.6. The highest BCUT2D eigenvalue weighted by Gasteiger charge is 2.19. The van der Waals surface area contributed by atoms with Crippen LogP contribution in [-0.2, 0) is 0 Å². The van der Waals surface area contributed by atoms with Crippen molar-refractivity contribution < 1.29 is 4.79 Å². The maximum atomic E-state index is 12.6. The van der Waals surface area contributed by atoms with Crippen molar-refractivity contribution in [2.24, 2.45) is 0 Å². The van der Waals surface area contributed by atoms with Crippen LogP contribution in [0, 0.1) is 13.8 Å². The van der Waals surface area contributed by atoms with Gasteiger partial charge in [0.15, 0.2) is 0 Å². The first-order valence-electron chi connectivity index (χ1n) is 8.68. The first-order valence-corrected chi connectivity index (χ1v) is 9.50. The lowest BCUT2D eigenvalue weighted by Gasteiger charge is -2.18. The number of benzene rings is 1. The van der Waals surface area contributed by atoms with Gasteiger partial charge in [0.2, 0.25) is 0 Å².